The number of rotatable bonds is 5. The lowest BCUT2D eigenvalue weighted by molar-refractivity contribution is 0.0693. The van der Waals surface area contributed by atoms with E-state index in [4.69, 9.17) is 5.11 Å². The van der Waals surface area contributed by atoms with Crippen molar-refractivity contribution in [2.45, 2.75) is 32.6 Å². The fraction of sp³-hybridized carbons (Fsp3) is 0.357. The fourth-order valence-corrected chi connectivity index (χ4v) is 1.73. The largest absolute Gasteiger partial charge is 0.507 e. The Kier molecular flexibility index (Phi) is 4.76. The van der Waals surface area contributed by atoms with Crippen molar-refractivity contribution in [2.24, 2.45) is 0 Å². The van der Waals surface area contributed by atoms with Gasteiger partial charge in [0.15, 0.2) is 0 Å². The average molecular weight is 234 g/mol. The molecule has 0 aliphatic heterocycles. The number of aromatic hydroxyl groups is 1. The third-order valence-electron chi connectivity index (χ3n) is 2.72. The Balaban J connectivity index is 2.94. The van der Waals surface area contributed by atoms with Gasteiger partial charge in [-0.25, -0.2) is 4.79 Å². The molecule has 0 saturated carbocycles. The van der Waals surface area contributed by atoms with Crippen molar-refractivity contribution in [3.63, 3.8) is 0 Å². The molecule has 0 bridgehead atoms. The lowest BCUT2D eigenvalue weighted by Crippen LogP contribution is -2.01. The van der Waals surface area contributed by atoms with Crippen LogP contribution in [0.25, 0.3) is 0 Å². The van der Waals surface area contributed by atoms with E-state index in [1.54, 1.807) is 12.1 Å². The fourth-order valence-electron chi connectivity index (χ4n) is 1.73. The second-order valence-electron chi connectivity index (χ2n) is 4.06. The third kappa shape index (κ3) is 3.34. The predicted molar refractivity (Wildman–Crippen MR) is 67.5 cm³/mol. The Morgan fingerprint density at radius 2 is 2.12 bits per heavy atom. The molecule has 0 saturated heterocycles. The van der Waals surface area contributed by atoms with Crippen molar-refractivity contribution in [1.29, 1.82) is 0 Å². The molecule has 0 heterocycles. The lowest BCUT2D eigenvalue weighted by Gasteiger charge is -2.12. The van der Waals surface area contributed by atoms with Crippen LogP contribution in [0, 0.1) is 0 Å². The molecule has 3 heteroatoms. The number of carboxylic acid groups (broad SMARTS) is 1. The van der Waals surface area contributed by atoms with Crippen LogP contribution in [0.2, 0.25) is 0 Å². The molecule has 0 aromatic heterocycles. The van der Waals surface area contributed by atoms with Crippen LogP contribution in [0.3, 0.4) is 0 Å². The molecule has 0 amide bonds. The first-order valence-electron chi connectivity index (χ1n) is 5.78. The van der Waals surface area contributed by atoms with Crippen LogP contribution in [0.5, 0.6) is 5.75 Å². The van der Waals surface area contributed by atoms with Gasteiger partial charge in [-0.1, -0.05) is 38.1 Å². The highest BCUT2D eigenvalue weighted by atomic mass is 16.4. The minimum absolute atomic E-state index is 0.0335. The molecular weight excluding hydrogens is 216 g/mol. The number of carbonyl (C=O) groups is 1. The van der Waals surface area contributed by atoms with Gasteiger partial charge in [-0.05, 0) is 30.4 Å². The first kappa shape index (κ1) is 13.3. The molecule has 1 aromatic carbocycles. The van der Waals surface area contributed by atoms with E-state index in [0.717, 1.165) is 12.8 Å². The van der Waals surface area contributed by atoms with Crippen LogP contribution in [-0.4, -0.2) is 16.2 Å². The normalized spacial score (nSPS) is 12.8. The van der Waals surface area contributed by atoms with Crippen molar-refractivity contribution in [3.8, 4) is 5.75 Å². The van der Waals surface area contributed by atoms with Crippen molar-refractivity contribution >= 4 is 5.97 Å². The Hall–Kier alpha value is -1.77. The zero-order valence-electron chi connectivity index (χ0n) is 10.2. The predicted octanol–water partition coefficient (Wildman–Crippen LogP) is 3.55. The number of benzene rings is 1. The highest BCUT2D eigenvalue weighted by Gasteiger charge is 2.16. The van der Waals surface area contributed by atoms with E-state index in [1.165, 1.54) is 6.07 Å². The van der Waals surface area contributed by atoms with E-state index in [2.05, 4.69) is 19.1 Å². The van der Waals surface area contributed by atoms with E-state index < -0.39 is 5.97 Å². The van der Waals surface area contributed by atoms with Gasteiger partial charge in [0.1, 0.15) is 11.3 Å². The highest BCUT2D eigenvalue weighted by Crippen LogP contribution is 2.31. The summed E-state index contributed by atoms with van der Waals surface area (Å²) >= 11 is 0. The Labute approximate surface area is 101 Å². The number of para-hydroxylation sites is 1. The minimum atomic E-state index is -1.10. The third-order valence-corrected chi connectivity index (χ3v) is 2.72. The van der Waals surface area contributed by atoms with Crippen molar-refractivity contribution in [3.05, 3.63) is 41.5 Å². The molecule has 92 valence electrons. The maximum Gasteiger partial charge on any atom is 0.339 e. The van der Waals surface area contributed by atoms with Crippen LogP contribution >= 0.6 is 0 Å². The van der Waals surface area contributed by atoms with Gasteiger partial charge in [-0.15, -0.1) is 0 Å². The van der Waals surface area contributed by atoms with Gasteiger partial charge in [0.25, 0.3) is 0 Å². The molecule has 0 aliphatic rings. The van der Waals surface area contributed by atoms with E-state index >= 15 is 0 Å². The molecule has 1 unspecified atom stereocenters. The summed E-state index contributed by atoms with van der Waals surface area (Å²) in [6, 6.07) is 4.85. The monoisotopic (exact) mass is 234 g/mol. The van der Waals surface area contributed by atoms with E-state index in [9.17, 15) is 9.90 Å². The maximum absolute atomic E-state index is 10.9. The molecule has 1 atom stereocenters. The van der Waals surface area contributed by atoms with Gasteiger partial charge in [0.05, 0.1) is 0 Å². The molecule has 3 nitrogen and oxygen atoms in total. The molecule has 0 spiro atoms. The molecule has 1 rings (SSSR count). The highest BCUT2D eigenvalue weighted by molar-refractivity contribution is 5.91. The Morgan fingerprint density at radius 1 is 1.41 bits per heavy atom. The molecule has 0 aliphatic carbocycles. The van der Waals surface area contributed by atoms with Gasteiger partial charge < -0.3 is 10.2 Å². The van der Waals surface area contributed by atoms with Gasteiger partial charge in [-0.2, -0.15) is 0 Å². The number of allylic oxidation sites excluding steroid dienone is 2. The van der Waals surface area contributed by atoms with Gasteiger partial charge in [0.2, 0.25) is 0 Å². The van der Waals surface area contributed by atoms with Crippen LogP contribution in [0.15, 0.2) is 30.4 Å². The van der Waals surface area contributed by atoms with Crippen LogP contribution < -0.4 is 0 Å². The Morgan fingerprint density at radius 3 is 2.71 bits per heavy atom. The molecule has 0 fully saturated rings. The van der Waals surface area contributed by atoms with E-state index in [-0.39, 0.29) is 17.2 Å². The van der Waals surface area contributed by atoms with Crippen molar-refractivity contribution in [1.82, 2.24) is 0 Å². The smallest absolute Gasteiger partial charge is 0.339 e. The molecular formula is C14H18O3. The topological polar surface area (TPSA) is 57.5 Å². The minimum Gasteiger partial charge on any atom is -0.507 e. The number of hydrogen-bond donors (Lipinski definition) is 2. The summed E-state index contributed by atoms with van der Waals surface area (Å²) in [6.45, 7) is 4.03. The SMILES string of the molecule is CC/C=C\CC(C)c1cccc(C(=O)O)c1O. The molecule has 1 aromatic rings. The van der Waals surface area contributed by atoms with Gasteiger partial charge >= 0.3 is 5.97 Å². The Bertz CT molecular complexity index is 421. The van der Waals surface area contributed by atoms with E-state index in [1.807, 2.05) is 6.92 Å². The van der Waals surface area contributed by atoms with Gasteiger partial charge in [0, 0.05) is 0 Å². The van der Waals surface area contributed by atoms with Gasteiger partial charge in [-0.3, -0.25) is 0 Å². The first-order chi connectivity index (χ1) is 8.07. The first-order valence-corrected chi connectivity index (χ1v) is 5.78. The summed E-state index contributed by atoms with van der Waals surface area (Å²) in [6.07, 6.45) is 5.89. The standard InChI is InChI=1S/C14H18O3/c1-3-4-5-7-10(2)11-8-6-9-12(13(11)15)14(16)17/h4-6,8-10,15H,3,7H2,1-2H3,(H,16,17)/b5-4-. The zero-order chi connectivity index (χ0) is 12.8. The molecule has 17 heavy (non-hydrogen) atoms. The molecule has 2 N–H and O–H groups in total. The quantitative estimate of drug-likeness (QED) is 0.766. The average Bonchev–Trinajstić information content (AvgIpc) is 2.29. The van der Waals surface area contributed by atoms with Crippen molar-refractivity contribution in [2.75, 3.05) is 0 Å². The van der Waals surface area contributed by atoms with Crippen LogP contribution in [0.1, 0.15) is 48.5 Å². The van der Waals surface area contributed by atoms with Crippen LogP contribution in [0.4, 0.5) is 0 Å². The van der Waals surface area contributed by atoms with Crippen molar-refractivity contribution < 1.29 is 15.0 Å². The van der Waals surface area contributed by atoms with E-state index in [0.29, 0.717) is 5.56 Å². The second kappa shape index (κ2) is 6.09. The van der Waals surface area contributed by atoms with Crippen LogP contribution in [-0.2, 0) is 0 Å². The summed E-state index contributed by atoms with van der Waals surface area (Å²) < 4.78 is 0. The summed E-state index contributed by atoms with van der Waals surface area (Å²) in [5.74, 6) is -1.10. The summed E-state index contributed by atoms with van der Waals surface area (Å²) in [4.78, 5) is 10.9. The summed E-state index contributed by atoms with van der Waals surface area (Å²) in [5.41, 5.74) is 0.652. The maximum atomic E-state index is 10.9. The second-order valence-corrected chi connectivity index (χ2v) is 4.06. The summed E-state index contributed by atoms with van der Waals surface area (Å²) in [5, 5.41) is 18.8. The molecule has 0 radical (unpaired) electrons. The number of carboxylic acids is 1. The number of hydrogen-bond acceptors (Lipinski definition) is 2. The summed E-state index contributed by atoms with van der Waals surface area (Å²) in [7, 11) is 0. The lowest BCUT2D eigenvalue weighted by atomic mass is 9.94. The zero-order valence-corrected chi connectivity index (χ0v) is 10.2. The number of aromatic carboxylic acids is 1. The number of phenols is 1.